The summed E-state index contributed by atoms with van der Waals surface area (Å²) >= 11 is 1.94. The molecule has 0 aromatic heterocycles. The molecule has 4 heteroatoms. The number of aliphatic carboxylic acids is 1. The van der Waals surface area contributed by atoms with Gasteiger partial charge < -0.3 is 5.11 Å². The molecule has 100 valence electrons. The molecule has 2 atom stereocenters. The Balaban J connectivity index is 2.56. The lowest BCUT2D eigenvalue weighted by Crippen LogP contribution is -2.53. The number of thioether (sulfide) groups is 1. The summed E-state index contributed by atoms with van der Waals surface area (Å²) in [4.78, 5) is 11.5. The lowest BCUT2D eigenvalue weighted by atomic mass is 9.97. The predicted molar refractivity (Wildman–Crippen MR) is 73.6 cm³/mol. The van der Waals surface area contributed by atoms with Crippen molar-refractivity contribution in [1.29, 1.82) is 0 Å². The Hall–Kier alpha value is -0.220. The van der Waals surface area contributed by atoms with Crippen LogP contribution in [-0.4, -0.2) is 33.7 Å². The van der Waals surface area contributed by atoms with Gasteiger partial charge in [-0.05, 0) is 44.8 Å². The minimum atomic E-state index is -0.682. The van der Waals surface area contributed by atoms with Crippen LogP contribution < -0.4 is 5.32 Å². The van der Waals surface area contributed by atoms with E-state index in [4.69, 9.17) is 0 Å². The van der Waals surface area contributed by atoms with Crippen molar-refractivity contribution >= 4 is 17.7 Å². The van der Waals surface area contributed by atoms with Crippen LogP contribution in [0, 0.1) is 5.92 Å². The van der Waals surface area contributed by atoms with Crippen LogP contribution in [-0.2, 0) is 4.79 Å². The molecule has 0 aromatic carbocycles. The highest BCUT2D eigenvalue weighted by molar-refractivity contribution is 7.99. The van der Waals surface area contributed by atoms with E-state index in [1.54, 1.807) is 0 Å². The van der Waals surface area contributed by atoms with E-state index in [9.17, 15) is 9.90 Å². The SMILES string of the molecule is CC(C)CSC1CCC(NC(C)C)(C(=O)O)C1. The van der Waals surface area contributed by atoms with Gasteiger partial charge in [0.15, 0.2) is 0 Å². The Labute approximate surface area is 109 Å². The van der Waals surface area contributed by atoms with Crippen molar-refractivity contribution in [1.82, 2.24) is 5.32 Å². The molecule has 0 bridgehead atoms. The van der Waals surface area contributed by atoms with E-state index in [2.05, 4.69) is 19.2 Å². The molecule has 0 aliphatic heterocycles. The van der Waals surface area contributed by atoms with Crippen molar-refractivity contribution in [3.8, 4) is 0 Å². The average molecular weight is 259 g/mol. The summed E-state index contributed by atoms with van der Waals surface area (Å²) in [5.74, 6) is 1.12. The minimum Gasteiger partial charge on any atom is -0.480 e. The van der Waals surface area contributed by atoms with Crippen LogP contribution in [0.2, 0.25) is 0 Å². The monoisotopic (exact) mass is 259 g/mol. The molecular formula is C13H25NO2S. The van der Waals surface area contributed by atoms with Crippen LogP contribution in [0.15, 0.2) is 0 Å². The third-order valence-electron chi connectivity index (χ3n) is 3.11. The van der Waals surface area contributed by atoms with Gasteiger partial charge in [0.05, 0.1) is 0 Å². The number of nitrogens with one attached hydrogen (secondary N) is 1. The number of hydrogen-bond donors (Lipinski definition) is 2. The first-order valence-corrected chi connectivity index (χ1v) is 7.53. The van der Waals surface area contributed by atoms with Gasteiger partial charge in [0.25, 0.3) is 0 Å². The second-order valence-corrected chi connectivity index (χ2v) is 7.11. The van der Waals surface area contributed by atoms with Crippen molar-refractivity contribution in [3.63, 3.8) is 0 Å². The van der Waals surface area contributed by atoms with E-state index in [1.165, 1.54) is 0 Å². The standard InChI is InChI=1S/C13H25NO2S/c1-9(2)8-17-11-5-6-13(7-11,12(15)16)14-10(3)4/h9-11,14H,5-8H2,1-4H3,(H,15,16). The number of carbonyl (C=O) groups is 1. The van der Waals surface area contributed by atoms with Gasteiger partial charge in [-0.2, -0.15) is 11.8 Å². The fourth-order valence-electron chi connectivity index (χ4n) is 2.41. The summed E-state index contributed by atoms with van der Waals surface area (Å²) in [6.45, 7) is 8.44. The molecule has 3 nitrogen and oxygen atoms in total. The summed E-state index contributed by atoms with van der Waals surface area (Å²) in [7, 11) is 0. The zero-order valence-corrected chi connectivity index (χ0v) is 12.1. The summed E-state index contributed by atoms with van der Waals surface area (Å²) in [6.07, 6.45) is 2.54. The molecule has 1 aliphatic rings. The van der Waals surface area contributed by atoms with Crippen molar-refractivity contribution < 1.29 is 9.90 Å². The maximum atomic E-state index is 11.5. The highest BCUT2D eigenvalue weighted by atomic mass is 32.2. The van der Waals surface area contributed by atoms with Gasteiger partial charge in [0.1, 0.15) is 5.54 Å². The second-order valence-electron chi connectivity index (χ2n) is 5.78. The maximum Gasteiger partial charge on any atom is 0.323 e. The first kappa shape index (κ1) is 14.8. The van der Waals surface area contributed by atoms with Crippen molar-refractivity contribution in [2.24, 2.45) is 5.92 Å². The minimum absolute atomic E-state index is 0.222. The summed E-state index contributed by atoms with van der Waals surface area (Å²) in [5.41, 5.74) is -0.678. The van der Waals surface area contributed by atoms with Gasteiger partial charge in [0, 0.05) is 11.3 Å². The van der Waals surface area contributed by atoms with E-state index >= 15 is 0 Å². The first-order chi connectivity index (χ1) is 7.85. The molecular weight excluding hydrogens is 234 g/mol. The molecule has 0 saturated heterocycles. The van der Waals surface area contributed by atoms with Gasteiger partial charge in [-0.15, -0.1) is 0 Å². The molecule has 1 fully saturated rings. The highest BCUT2D eigenvalue weighted by Gasteiger charge is 2.45. The summed E-state index contributed by atoms with van der Waals surface area (Å²) < 4.78 is 0. The topological polar surface area (TPSA) is 49.3 Å². The van der Waals surface area contributed by atoms with Crippen LogP contribution in [0.5, 0.6) is 0 Å². The summed E-state index contributed by atoms with van der Waals surface area (Å²) in [5, 5.41) is 13.2. The third-order valence-corrected chi connectivity index (χ3v) is 4.84. The molecule has 1 rings (SSSR count). The Morgan fingerprint density at radius 3 is 2.59 bits per heavy atom. The number of carboxylic acids is 1. The molecule has 0 heterocycles. The van der Waals surface area contributed by atoms with E-state index in [0.717, 1.165) is 25.0 Å². The molecule has 2 N–H and O–H groups in total. The van der Waals surface area contributed by atoms with E-state index in [0.29, 0.717) is 11.2 Å². The first-order valence-electron chi connectivity index (χ1n) is 6.48. The largest absolute Gasteiger partial charge is 0.480 e. The molecule has 0 spiro atoms. The van der Waals surface area contributed by atoms with Crippen LogP contribution in [0.3, 0.4) is 0 Å². The van der Waals surface area contributed by atoms with Gasteiger partial charge in [0.2, 0.25) is 0 Å². The number of carboxylic acid groups (broad SMARTS) is 1. The lowest BCUT2D eigenvalue weighted by Gasteiger charge is -2.28. The Morgan fingerprint density at radius 2 is 2.12 bits per heavy atom. The number of hydrogen-bond acceptors (Lipinski definition) is 3. The molecule has 0 amide bonds. The molecule has 1 saturated carbocycles. The predicted octanol–water partition coefficient (Wildman–Crippen LogP) is 2.75. The third kappa shape index (κ3) is 4.18. The Bertz CT molecular complexity index is 268. The van der Waals surface area contributed by atoms with Gasteiger partial charge in [-0.1, -0.05) is 13.8 Å². The van der Waals surface area contributed by atoms with Crippen LogP contribution in [0.25, 0.3) is 0 Å². The fourth-order valence-corrected chi connectivity index (χ4v) is 3.75. The maximum absolute atomic E-state index is 11.5. The van der Waals surface area contributed by atoms with E-state index in [1.807, 2.05) is 25.6 Å². The molecule has 2 unspecified atom stereocenters. The van der Waals surface area contributed by atoms with Crippen molar-refractivity contribution in [3.05, 3.63) is 0 Å². The van der Waals surface area contributed by atoms with Crippen LogP contribution in [0.1, 0.15) is 47.0 Å². The summed E-state index contributed by atoms with van der Waals surface area (Å²) in [6, 6.07) is 0.222. The fraction of sp³-hybridized carbons (Fsp3) is 0.923. The highest BCUT2D eigenvalue weighted by Crippen LogP contribution is 2.38. The van der Waals surface area contributed by atoms with E-state index < -0.39 is 11.5 Å². The average Bonchev–Trinajstić information content (AvgIpc) is 2.59. The normalized spacial score (nSPS) is 29.2. The van der Waals surface area contributed by atoms with Gasteiger partial charge in [-0.3, -0.25) is 10.1 Å². The Morgan fingerprint density at radius 1 is 1.47 bits per heavy atom. The van der Waals surface area contributed by atoms with Crippen LogP contribution in [0.4, 0.5) is 0 Å². The molecule has 0 aromatic rings. The zero-order valence-electron chi connectivity index (χ0n) is 11.3. The molecule has 0 radical (unpaired) electrons. The molecule has 1 aliphatic carbocycles. The lowest BCUT2D eigenvalue weighted by molar-refractivity contribution is -0.145. The smallest absolute Gasteiger partial charge is 0.323 e. The Kier molecular flexibility index (Phi) is 5.32. The van der Waals surface area contributed by atoms with E-state index in [-0.39, 0.29) is 6.04 Å². The molecule has 17 heavy (non-hydrogen) atoms. The van der Waals surface area contributed by atoms with Crippen LogP contribution >= 0.6 is 11.8 Å². The quantitative estimate of drug-likeness (QED) is 0.770. The zero-order chi connectivity index (χ0) is 13.1. The van der Waals surface area contributed by atoms with Gasteiger partial charge >= 0.3 is 5.97 Å². The van der Waals surface area contributed by atoms with Gasteiger partial charge in [-0.25, -0.2) is 0 Å². The van der Waals surface area contributed by atoms with Crippen molar-refractivity contribution in [2.45, 2.75) is 63.8 Å². The number of rotatable bonds is 6. The van der Waals surface area contributed by atoms with Crippen molar-refractivity contribution in [2.75, 3.05) is 5.75 Å². The second kappa shape index (κ2) is 6.10.